The third-order valence-electron chi connectivity index (χ3n) is 4.82. The van der Waals surface area contributed by atoms with E-state index in [1.807, 2.05) is 11.3 Å². The minimum Gasteiger partial charge on any atom is -0.378 e. The Balaban J connectivity index is 1.92. The quantitative estimate of drug-likeness (QED) is 0.321. The first kappa shape index (κ1) is 13.8. The van der Waals surface area contributed by atoms with Crippen molar-refractivity contribution in [3.05, 3.63) is 66.7 Å². The predicted molar refractivity (Wildman–Crippen MR) is 109 cm³/mol. The Kier molecular flexibility index (Phi) is 2.85. The molecule has 0 unspecified atom stereocenters. The van der Waals surface area contributed by atoms with Crippen LogP contribution in [0.2, 0.25) is 0 Å². The van der Waals surface area contributed by atoms with E-state index in [1.165, 1.54) is 47.4 Å². The second kappa shape index (κ2) is 4.96. The van der Waals surface area contributed by atoms with Crippen LogP contribution in [0.4, 0.5) is 5.69 Å². The van der Waals surface area contributed by atoms with Crippen LogP contribution in [0.25, 0.3) is 41.7 Å². The van der Waals surface area contributed by atoms with Gasteiger partial charge in [0, 0.05) is 45.3 Å². The second-order valence-electron chi connectivity index (χ2n) is 6.54. The molecule has 0 aliphatic rings. The maximum atomic E-state index is 2.34. The van der Waals surface area contributed by atoms with E-state index in [1.54, 1.807) is 0 Å². The van der Waals surface area contributed by atoms with Crippen LogP contribution in [0.15, 0.2) is 66.7 Å². The Labute approximate surface area is 144 Å². The van der Waals surface area contributed by atoms with Crippen molar-refractivity contribution < 1.29 is 0 Å². The van der Waals surface area contributed by atoms with Crippen LogP contribution in [0.3, 0.4) is 0 Å². The van der Waals surface area contributed by atoms with Gasteiger partial charge in [0.1, 0.15) is 0 Å². The Bertz CT molecular complexity index is 1230. The average molecular weight is 327 g/mol. The molecular weight excluding hydrogens is 310 g/mol. The summed E-state index contributed by atoms with van der Waals surface area (Å²) in [6.07, 6.45) is 0. The number of fused-ring (bicyclic) bond motifs is 6. The van der Waals surface area contributed by atoms with Crippen LogP contribution in [0.1, 0.15) is 0 Å². The van der Waals surface area contributed by atoms with Gasteiger partial charge in [-0.05, 0) is 46.5 Å². The van der Waals surface area contributed by atoms with Gasteiger partial charge >= 0.3 is 0 Å². The number of thiophene rings is 1. The minimum atomic E-state index is 1.25. The molecule has 0 spiro atoms. The monoisotopic (exact) mass is 327 g/mol. The summed E-state index contributed by atoms with van der Waals surface area (Å²) in [6.45, 7) is 0. The number of anilines is 1. The summed E-state index contributed by atoms with van der Waals surface area (Å²) in [5.74, 6) is 0. The van der Waals surface area contributed by atoms with Gasteiger partial charge in [0.2, 0.25) is 0 Å². The highest BCUT2D eigenvalue weighted by atomic mass is 32.1. The Morgan fingerprint density at radius 1 is 0.667 bits per heavy atom. The predicted octanol–water partition coefficient (Wildman–Crippen LogP) is 6.43. The zero-order valence-electron chi connectivity index (χ0n) is 13.7. The van der Waals surface area contributed by atoms with Gasteiger partial charge in [0.05, 0.1) is 0 Å². The highest BCUT2D eigenvalue weighted by Gasteiger charge is 2.10. The molecule has 0 saturated carbocycles. The van der Waals surface area contributed by atoms with Crippen molar-refractivity contribution in [3.8, 4) is 0 Å². The van der Waals surface area contributed by atoms with Crippen molar-refractivity contribution in [1.82, 2.24) is 0 Å². The topological polar surface area (TPSA) is 3.24 Å². The summed E-state index contributed by atoms with van der Waals surface area (Å²) >= 11 is 1.90. The van der Waals surface area contributed by atoms with E-state index in [0.29, 0.717) is 0 Å². The van der Waals surface area contributed by atoms with Crippen LogP contribution in [0, 0.1) is 0 Å². The molecule has 1 aromatic heterocycles. The lowest BCUT2D eigenvalue weighted by Crippen LogP contribution is -2.07. The van der Waals surface area contributed by atoms with Crippen molar-refractivity contribution in [2.45, 2.75) is 0 Å². The Morgan fingerprint density at radius 2 is 1.46 bits per heavy atom. The van der Waals surface area contributed by atoms with E-state index < -0.39 is 0 Å². The van der Waals surface area contributed by atoms with Crippen molar-refractivity contribution in [2.75, 3.05) is 19.0 Å². The van der Waals surface area contributed by atoms with Crippen LogP contribution in [-0.4, -0.2) is 14.1 Å². The van der Waals surface area contributed by atoms with Crippen LogP contribution in [0.5, 0.6) is 0 Å². The molecule has 1 heterocycles. The molecular formula is C22H17NS. The van der Waals surface area contributed by atoms with E-state index in [9.17, 15) is 0 Å². The van der Waals surface area contributed by atoms with Crippen LogP contribution < -0.4 is 4.90 Å². The minimum absolute atomic E-state index is 1.25. The number of nitrogens with zero attached hydrogens (tertiary/aromatic N) is 1. The highest BCUT2D eigenvalue weighted by Crippen LogP contribution is 2.40. The maximum absolute atomic E-state index is 2.34. The van der Waals surface area contributed by atoms with Crippen molar-refractivity contribution >= 4 is 58.7 Å². The molecule has 24 heavy (non-hydrogen) atoms. The van der Waals surface area contributed by atoms with E-state index in [2.05, 4.69) is 85.7 Å². The molecule has 0 fully saturated rings. The number of hydrogen-bond acceptors (Lipinski definition) is 2. The smallest absolute Gasteiger partial charge is 0.0434 e. The fourth-order valence-electron chi connectivity index (χ4n) is 3.51. The van der Waals surface area contributed by atoms with E-state index in [-0.39, 0.29) is 0 Å². The molecule has 1 nitrogen and oxygen atoms in total. The zero-order valence-corrected chi connectivity index (χ0v) is 14.5. The van der Waals surface area contributed by atoms with Crippen molar-refractivity contribution in [1.29, 1.82) is 0 Å². The van der Waals surface area contributed by atoms with Gasteiger partial charge in [-0.2, -0.15) is 0 Å². The molecule has 0 aliphatic carbocycles. The van der Waals surface area contributed by atoms with E-state index in [4.69, 9.17) is 0 Å². The molecule has 0 N–H and O–H groups in total. The summed E-state index contributed by atoms with van der Waals surface area (Å²) in [4.78, 5) is 2.16. The molecule has 0 atom stereocenters. The van der Waals surface area contributed by atoms with Gasteiger partial charge in [-0.3, -0.25) is 0 Å². The van der Waals surface area contributed by atoms with Crippen molar-refractivity contribution in [2.24, 2.45) is 0 Å². The lowest BCUT2D eigenvalue weighted by atomic mass is 10.0. The van der Waals surface area contributed by atoms with E-state index >= 15 is 0 Å². The summed E-state index contributed by atoms with van der Waals surface area (Å²) in [5.41, 5.74) is 1.25. The molecule has 0 bridgehead atoms. The summed E-state index contributed by atoms with van der Waals surface area (Å²) in [5, 5.41) is 8.02. The number of rotatable bonds is 1. The normalized spacial score (nSPS) is 11.8. The third kappa shape index (κ3) is 1.93. The highest BCUT2D eigenvalue weighted by molar-refractivity contribution is 7.26. The molecule has 0 radical (unpaired) electrons. The number of benzene rings is 4. The summed E-state index contributed by atoms with van der Waals surface area (Å²) < 4.78 is 2.75. The van der Waals surface area contributed by atoms with Crippen LogP contribution in [-0.2, 0) is 0 Å². The Morgan fingerprint density at radius 3 is 2.25 bits per heavy atom. The maximum Gasteiger partial charge on any atom is 0.0434 e. The van der Waals surface area contributed by atoms with Gasteiger partial charge < -0.3 is 4.90 Å². The lowest BCUT2D eigenvalue weighted by Gasteiger charge is -2.11. The molecule has 5 aromatic rings. The first-order valence-corrected chi connectivity index (χ1v) is 8.97. The largest absolute Gasteiger partial charge is 0.378 e. The fourth-order valence-corrected chi connectivity index (χ4v) is 4.72. The standard InChI is InChI=1S/C22H17NS/c1-23(2)17-8-10-21-20(13-17)18-9-7-16-11-14-5-3-4-6-15(14)12-19(16)22(18)24-21/h3-13H,1-2H3. The first-order valence-electron chi connectivity index (χ1n) is 8.16. The summed E-state index contributed by atoms with van der Waals surface area (Å²) in [7, 11) is 4.19. The van der Waals surface area contributed by atoms with Gasteiger partial charge in [-0.25, -0.2) is 0 Å². The second-order valence-corrected chi connectivity index (χ2v) is 7.59. The SMILES string of the molecule is CN(C)c1ccc2sc3c4cc5ccccc5cc4ccc3c2c1. The Hall–Kier alpha value is -2.58. The van der Waals surface area contributed by atoms with Crippen molar-refractivity contribution in [3.63, 3.8) is 0 Å². The summed E-state index contributed by atoms with van der Waals surface area (Å²) in [6, 6.07) is 24.6. The van der Waals surface area contributed by atoms with Gasteiger partial charge in [-0.1, -0.05) is 36.4 Å². The van der Waals surface area contributed by atoms with E-state index in [0.717, 1.165) is 0 Å². The average Bonchev–Trinajstić information content (AvgIpc) is 2.98. The molecule has 0 saturated heterocycles. The fraction of sp³-hybridized carbons (Fsp3) is 0.0909. The zero-order chi connectivity index (χ0) is 16.3. The van der Waals surface area contributed by atoms with Gasteiger partial charge in [0.25, 0.3) is 0 Å². The first-order chi connectivity index (χ1) is 11.7. The molecule has 116 valence electrons. The number of hydrogen-bond donors (Lipinski definition) is 0. The molecule has 0 aliphatic heterocycles. The third-order valence-corrected chi connectivity index (χ3v) is 6.04. The van der Waals surface area contributed by atoms with Gasteiger partial charge in [0.15, 0.2) is 0 Å². The lowest BCUT2D eigenvalue weighted by molar-refractivity contribution is 1.14. The van der Waals surface area contributed by atoms with Gasteiger partial charge in [-0.15, -0.1) is 11.3 Å². The molecule has 0 amide bonds. The molecule has 2 heteroatoms. The molecule has 5 rings (SSSR count). The van der Waals surface area contributed by atoms with Crippen LogP contribution >= 0.6 is 11.3 Å². The molecule has 4 aromatic carbocycles.